The second kappa shape index (κ2) is 9.11. The maximum Gasteiger partial charge on any atom is 0.225 e. The van der Waals surface area contributed by atoms with E-state index >= 15 is 0 Å². The summed E-state index contributed by atoms with van der Waals surface area (Å²) in [5, 5.41) is 5.17. The second-order valence-corrected chi connectivity index (χ2v) is 10.5. The lowest BCUT2D eigenvalue weighted by molar-refractivity contribution is 0.131. The van der Waals surface area contributed by atoms with Crippen LogP contribution in [0, 0.1) is 0 Å². The molecule has 1 atom stereocenters. The Bertz CT molecular complexity index is 1430. The van der Waals surface area contributed by atoms with Crippen molar-refractivity contribution in [3.8, 4) is 5.88 Å². The predicted octanol–water partition coefficient (Wildman–Crippen LogP) is 3.55. The summed E-state index contributed by atoms with van der Waals surface area (Å²) in [6.07, 6.45) is 3.89. The van der Waals surface area contributed by atoms with Gasteiger partial charge in [-0.15, -0.1) is 0 Å². The van der Waals surface area contributed by atoms with E-state index in [0.29, 0.717) is 43.5 Å². The van der Waals surface area contributed by atoms with Gasteiger partial charge in [-0.25, -0.2) is 27.7 Å². The van der Waals surface area contributed by atoms with Crippen molar-refractivity contribution in [3.63, 3.8) is 0 Å². The molecule has 3 heterocycles. The average Bonchev–Trinajstić information content (AvgIpc) is 2.84. The van der Waals surface area contributed by atoms with Gasteiger partial charge in [0, 0.05) is 18.5 Å². The van der Waals surface area contributed by atoms with Crippen LogP contribution >= 0.6 is 0 Å². The van der Waals surface area contributed by atoms with Gasteiger partial charge in [0.05, 0.1) is 28.7 Å². The van der Waals surface area contributed by atoms with Gasteiger partial charge in [0.1, 0.15) is 18.2 Å². The third kappa shape index (κ3) is 4.64. The first kappa shape index (κ1) is 22.4. The first-order valence-electron chi connectivity index (χ1n) is 11.2. The summed E-state index contributed by atoms with van der Waals surface area (Å²) in [4.78, 5) is 18.3. The van der Waals surface area contributed by atoms with Gasteiger partial charge in [0.15, 0.2) is 5.82 Å². The number of ether oxygens (including phenoxy) is 1. The zero-order chi connectivity index (χ0) is 23.7. The van der Waals surface area contributed by atoms with Crippen LogP contribution in [0.1, 0.15) is 31.6 Å². The lowest BCUT2D eigenvalue weighted by Gasteiger charge is -2.30. The molecular formula is C24H26N6O3S. The maximum absolute atomic E-state index is 11.8. The fraction of sp³-hybridized carbons (Fsp3) is 0.333. The number of nitrogens with zero attached hydrogens (tertiary/aromatic N) is 5. The van der Waals surface area contributed by atoms with E-state index in [4.69, 9.17) is 14.7 Å². The molecule has 0 unspecified atom stereocenters. The summed E-state index contributed by atoms with van der Waals surface area (Å²) in [6.45, 7) is 2.87. The molecule has 4 aromatic rings. The van der Waals surface area contributed by atoms with Crippen LogP contribution < -0.4 is 10.1 Å². The van der Waals surface area contributed by atoms with E-state index in [1.807, 2.05) is 55.5 Å². The highest BCUT2D eigenvalue weighted by molar-refractivity contribution is 7.88. The minimum atomic E-state index is -3.19. The zero-order valence-electron chi connectivity index (χ0n) is 19.0. The molecule has 34 heavy (non-hydrogen) atoms. The molecule has 10 heteroatoms. The first-order chi connectivity index (χ1) is 16.4. The van der Waals surface area contributed by atoms with Crippen molar-refractivity contribution in [1.82, 2.24) is 24.2 Å². The molecule has 2 aromatic heterocycles. The summed E-state index contributed by atoms with van der Waals surface area (Å²) >= 11 is 0. The number of fused-ring (bicyclic) bond motifs is 2. The van der Waals surface area contributed by atoms with Gasteiger partial charge >= 0.3 is 0 Å². The van der Waals surface area contributed by atoms with Crippen molar-refractivity contribution in [2.24, 2.45) is 0 Å². The van der Waals surface area contributed by atoms with Crippen molar-refractivity contribution in [2.75, 3.05) is 24.7 Å². The number of nitrogens with one attached hydrogen (secondary N) is 1. The Morgan fingerprint density at radius 2 is 1.65 bits per heavy atom. The molecular weight excluding hydrogens is 452 g/mol. The molecule has 9 nitrogen and oxygen atoms in total. The van der Waals surface area contributed by atoms with Gasteiger partial charge in [0.2, 0.25) is 15.9 Å². The van der Waals surface area contributed by atoms with Crippen molar-refractivity contribution in [1.29, 1.82) is 0 Å². The Morgan fingerprint density at radius 1 is 0.971 bits per heavy atom. The van der Waals surface area contributed by atoms with Crippen molar-refractivity contribution < 1.29 is 13.2 Å². The molecule has 1 N–H and O–H groups in total. The molecule has 5 rings (SSSR count). The highest BCUT2D eigenvalue weighted by Gasteiger charge is 2.27. The third-order valence-corrected chi connectivity index (χ3v) is 7.32. The van der Waals surface area contributed by atoms with E-state index in [1.165, 1.54) is 16.9 Å². The summed E-state index contributed by atoms with van der Waals surface area (Å²) in [7, 11) is -3.19. The van der Waals surface area contributed by atoms with Crippen LogP contribution in [0.3, 0.4) is 0 Å². The number of piperidine rings is 1. The van der Waals surface area contributed by atoms with Crippen LogP contribution in [0.25, 0.3) is 21.8 Å². The number of benzene rings is 2. The van der Waals surface area contributed by atoms with E-state index < -0.39 is 10.0 Å². The Labute approximate surface area is 198 Å². The summed E-state index contributed by atoms with van der Waals surface area (Å²) in [6, 6.07) is 15.3. The second-order valence-electron chi connectivity index (χ2n) is 8.49. The Kier molecular flexibility index (Phi) is 6.01. The third-order valence-electron chi connectivity index (χ3n) is 6.02. The quantitative estimate of drug-likeness (QED) is 0.448. The number of rotatable bonds is 6. The average molecular weight is 479 g/mol. The van der Waals surface area contributed by atoms with Gasteiger partial charge in [-0.05, 0) is 44.0 Å². The van der Waals surface area contributed by atoms with E-state index in [9.17, 15) is 8.42 Å². The normalized spacial score (nSPS) is 16.5. The Hall–Kier alpha value is -3.37. The topological polar surface area (TPSA) is 110 Å². The van der Waals surface area contributed by atoms with Crippen LogP contribution in [0.4, 0.5) is 5.82 Å². The lowest BCUT2D eigenvalue weighted by Crippen LogP contribution is -2.41. The SMILES string of the molecule is C[C@H](Nc1ncnc2ccccc12)c1nc(OC2CCN(S(C)(=O)=O)CC2)c2ccccc2n1. The number of aromatic nitrogens is 4. The Balaban J connectivity index is 1.41. The van der Waals surface area contributed by atoms with Crippen molar-refractivity contribution >= 4 is 37.6 Å². The van der Waals surface area contributed by atoms with Gasteiger partial charge in [-0.2, -0.15) is 4.98 Å². The molecule has 2 aromatic carbocycles. The van der Waals surface area contributed by atoms with Crippen LogP contribution in [-0.4, -0.2) is 58.1 Å². The largest absolute Gasteiger partial charge is 0.474 e. The zero-order valence-corrected chi connectivity index (χ0v) is 19.9. The summed E-state index contributed by atoms with van der Waals surface area (Å²) in [5.74, 6) is 1.81. The maximum atomic E-state index is 11.8. The van der Waals surface area contributed by atoms with Crippen molar-refractivity contribution in [3.05, 3.63) is 60.7 Å². The molecule has 176 valence electrons. The molecule has 0 bridgehead atoms. The smallest absolute Gasteiger partial charge is 0.225 e. The number of anilines is 1. The molecule has 0 radical (unpaired) electrons. The molecule has 1 aliphatic rings. The Morgan fingerprint density at radius 3 is 2.38 bits per heavy atom. The molecule has 0 aliphatic carbocycles. The summed E-state index contributed by atoms with van der Waals surface area (Å²) in [5.41, 5.74) is 1.65. The molecule has 1 saturated heterocycles. The van der Waals surface area contributed by atoms with Crippen LogP contribution in [0.5, 0.6) is 5.88 Å². The summed E-state index contributed by atoms with van der Waals surface area (Å²) < 4.78 is 31.5. The standard InChI is InChI=1S/C24H26N6O3S/c1-16(27-23-18-7-3-5-9-20(18)25-15-26-23)22-28-21-10-6-4-8-19(21)24(29-22)33-17-11-13-30(14-12-17)34(2,31)32/h3-10,15-17H,11-14H2,1-2H3,(H,25,26,27)/t16-/m0/s1. The molecule has 1 fully saturated rings. The van der Waals surface area contributed by atoms with Crippen LogP contribution in [0.15, 0.2) is 54.9 Å². The van der Waals surface area contributed by atoms with Crippen LogP contribution in [-0.2, 0) is 10.0 Å². The highest BCUT2D eigenvalue weighted by atomic mass is 32.2. The highest BCUT2D eigenvalue weighted by Crippen LogP contribution is 2.29. The number of hydrogen-bond donors (Lipinski definition) is 1. The fourth-order valence-corrected chi connectivity index (χ4v) is 5.05. The van der Waals surface area contributed by atoms with Crippen molar-refractivity contribution in [2.45, 2.75) is 31.9 Å². The molecule has 0 amide bonds. The van der Waals surface area contributed by atoms with Gasteiger partial charge in [-0.1, -0.05) is 24.3 Å². The minimum Gasteiger partial charge on any atom is -0.474 e. The van der Waals surface area contributed by atoms with Gasteiger partial charge in [0.25, 0.3) is 0 Å². The molecule has 0 spiro atoms. The van der Waals surface area contributed by atoms with Crippen LogP contribution in [0.2, 0.25) is 0 Å². The number of para-hydroxylation sites is 2. The van der Waals surface area contributed by atoms with E-state index in [1.54, 1.807) is 0 Å². The lowest BCUT2D eigenvalue weighted by atomic mass is 10.1. The van der Waals surface area contributed by atoms with Gasteiger partial charge < -0.3 is 10.1 Å². The molecule has 1 aliphatic heterocycles. The van der Waals surface area contributed by atoms with E-state index in [0.717, 1.165) is 21.8 Å². The van der Waals surface area contributed by atoms with E-state index in [-0.39, 0.29) is 12.1 Å². The van der Waals surface area contributed by atoms with Gasteiger partial charge in [-0.3, -0.25) is 0 Å². The number of sulfonamides is 1. The number of hydrogen-bond acceptors (Lipinski definition) is 8. The minimum absolute atomic E-state index is 0.113. The van der Waals surface area contributed by atoms with E-state index in [2.05, 4.69) is 15.3 Å². The fourth-order valence-electron chi connectivity index (χ4n) is 4.18. The molecule has 0 saturated carbocycles. The monoisotopic (exact) mass is 478 g/mol. The first-order valence-corrected chi connectivity index (χ1v) is 13.1. The predicted molar refractivity (Wildman–Crippen MR) is 131 cm³/mol.